The van der Waals surface area contributed by atoms with E-state index in [9.17, 15) is 9.59 Å². The lowest BCUT2D eigenvalue weighted by atomic mass is 10.3. The highest BCUT2D eigenvalue weighted by Gasteiger charge is 2.17. The molecule has 70 valence electrons. The Balaban J connectivity index is 3.92. The van der Waals surface area contributed by atoms with Gasteiger partial charge in [0.25, 0.3) is 0 Å². The molecule has 0 aromatic heterocycles. The topological polar surface area (TPSA) is 66.4 Å². The molecule has 12 heavy (non-hydrogen) atoms. The Morgan fingerprint density at radius 3 is 2.25 bits per heavy atom. The smallest absolute Gasteiger partial charge is 0.325 e. The van der Waals surface area contributed by atoms with Gasteiger partial charge in [-0.15, -0.1) is 0 Å². The third-order valence-electron chi connectivity index (χ3n) is 1.45. The van der Waals surface area contributed by atoms with Crippen molar-refractivity contribution < 1.29 is 14.7 Å². The number of amides is 1. The fourth-order valence-electron chi connectivity index (χ4n) is 0.500. The minimum absolute atomic E-state index is 0.202. The van der Waals surface area contributed by atoms with E-state index < -0.39 is 12.0 Å². The average molecular weight is 191 g/mol. The first-order valence-electron chi connectivity index (χ1n) is 3.55. The van der Waals surface area contributed by atoms with Crippen LogP contribution >= 0.6 is 11.8 Å². The highest BCUT2D eigenvalue weighted by molar-refractivity contribution is 7.99. The second-order valence-corrected chi connectivity index (χ2v) is 3.62. The molecular weight excluding hydrogens is 178 g/mol. The van der Waals surface area contributed by atoms with Gasteiger partial charge in [0.15, 0.2) is 0 Å². The fourth-order valence-corrected chi connectivity index (χ4v) is 0.782. The standard InChI is InChI=1S/C7H13NO3S/c1-4(7(10)11)8-6(9)5(2)12-3/h4-5H,1-3H3,(H,8,9)(H,10,11). The molecule has 4 nitrogen and oxygen atoms in total. The SMILES string of the molecule is CSC(C)C(=O)NC(C)C(=O)O. The minimum Gasteiger partial charge on any atom is -0.480 e. The van der Waals surface area contributed by atoms with E-state index in [-0.39, 0.29) is 11.2 Å². The summed E-state index contributed by atoms with van der Waals surface area (Å²) in [5.74, 6) is -1.26. The molecule has 0 bridgehead atoms. The van der Waals surface area contributed by atoms with Crippen molar-refractivity contribution in [3.05, 3.63) is 0 Å². The number of thioether (sulfide) groups is 1. The van der Waals surface area contributed by atoms with Gasteiger partial charge in [-0.1, -0.05) is 0 Å². The van der Waals surface area contributed by atoms with Crippen molar-refractivity contribution in [3.8, 4) is 0 Å². The van der Waals surface area contributed by atoms with Gasteiger partial charge in [-0.3, -0.25) is 9.59 Å². The van der Waals surface area contributed by atoms with Crippen LogP contribution in [0.15, 0.2) is 0 Å². The van der Waals surface area contributed by atoms with Crippen molar-refractivity contribution in [2.45, 2.75) is 25.1 Å². The number of hydrogen-bond acceptors (Lipinski definition) is 3. The molecule has 0 rings (SSSR count). The Morgan fingerprint density at radius 2 is 1.92 bits per heavy atom. The molecule has 1 amide bonds. The van der Waals surface area contributed by atoms with Gasteiger partial charge in [-0.25, -0.2) is 0 Å². The van der Waals surface area contributed by atoms with Crippen molar-refractivity contribution in [1.82, 2.24) is 5.32 Å². The molecule has 5 heteroatoms. The van der Waals surface area contributed by atoms with Crippen molar-refractivity contribution in [2.75, 3.05) is 6.26 Å². The summed E-state index contributed by atoms with van der Waals surface area (Å²) in [6, 6.07) is -0.813. The number of aliphatic carboxylic acids is 1. The molecule has 2 atom stereocenters. The summed E-state index contributed by atoms with van der Waals surface area (Å²) in [5, 5.41) is 10.6. The summed E-state index contributed by atoms with van der Waals surface area (Å²) in [5.41, 5.74) is 0. The summed E-state index contributed by atoms with van der Waals surface area (Å²) in [7, 11) is 0. The first kappa shape index (κ1) is 11.3. The van der Waals surface area contributed by atoms with E-state index in [1.165, 1.54) is 18.7 Å². The number of nitrogens with one attached hydrogen (secondary N) is 1. The molecule has 0 aromatic rings. The van der Waals surface area contributed by atoms with Crippen molar-refractivity contribution in [2.24, 2.45) is 0 Å². The Kier molecular flexibility index (Phi) is 4.73. The average Bonchev–Trinajstić information content (AvgIpc) is 2.02. The van der Waals surface area contributed by atoms with Crippen LogP contribution in [0.5, 0.6) is 0 Å². The van der Waals surface area contributed by atoms with Crippen LogP contribution < -0.4 is 5.32 Å². The Bertz CT molecular complexity index is 183. The molecule has 0 spiro atoms. The molecular formula is C7H13NO3S. The molecule has 0 aliphatic heterocycles. The zero-order valence-electron chi connectivity index (χ0n) is 7.33. The van der Waals surface area contributed by atoms with E-state index in [2.05, 4.69) is 5.32 Å². The van der Waals surface area contributed by atoms with E-state index in [1.54, 1.807) is 13.2 Å². The zero-order valence-corrected chi connectivity index (χ0v) is 8.14. The summed E-state index contributed by atoms with van der Waals surface area (Å²) in [6.45, 7) is 3.17. The van der Waals surface area contributed by atoms with Crippen LogP contribution in [0.4, 0.5) is 0 Å². The second-order valence-electron chi connectivity index (χ2n) is 2.45. The Hall–Kier alpha value is -0.710. The summed E-state index contributed by atoms with van der Waals surface area (Å²) >= 11 is 1.38. The van der Waals surface area contributed by atoms with Gasteiger partial charge < -0.3 is 10.4 Å². The lowest BCUT2D eigenvalue weighted by Gasteiger charge is -2.12. The predicted molar refractivity (Wildman–Crippen MR) is 48.2 cm³/mol. The summed E-state index contributed by atoms with van der Waals surface area (Å²) in [6.07, 6.45) is 1.80. The van der Waals surface area contributed by atoms with Gasteiger partial charge in [0.2, 0.25) is 5.91 Å². The van der Waals surface area contributed by atoms with Gasteiger partial charge in [-0.2, -0.15) is 11.8 Å². The molecule has 0 radical (unpaired) electrons. The summed E-state index contributed by atoms with van der Waals surface area (Å²) in [4.78, 5) is 21.4. The van der Waals surface area contributed by atoms with E-state index in [0.717, 1.165) is 0 Å². The maximum atomic E-state index is 11.1. The molecule has 0 aliphatic carbocycles. The third kappa shape index (κ3) is 3.61. The number of rotatable bonds is 4. The van der Waals surface area contributed by atoms with Crippen LogP contribution in [0.2, 0.25) is 0 Å². The van der Waals surface area contributed by atoms with Gasteiger partial charge in [-0.05, 0) is 20.1 Å². The largest absolute Gasteiger partial charge is 0.480 e. The molecule has 0 saturated carbocycles. The van der Waals surface area contributed by atoms with Crippen molar-refractivity contribution in [1.29, 1.82) is 0 Å². The molecule has 0 aromatic carbocycles. The number of carbonyl (C=O) groups excluding carboxylic acids is 1. The first-order valence-corrected chi connectivity index (χ1v) is 4.83. The highest BCUT2D eigenvalue weighted by atomic mass is 32.2. The quantitative estimate of drug-likeness (QED) is 0.672. The van der Waals surface area contributed by atoms with Crippen molar-refractivity contribution in [3.63, 3.8) is 0 Å². The molecule has 0 saturated heterocycles. The van der Waals surface area contributed by atoms with Crippen LogP contribution in [-0.4, -0.2) is 34.5 Å². The summed E-state index contributed by atoms with van der Waals surface area (Å²) < 4.78 is 0. The van der Waals surface area contributed by atoms with E-state index >= 15 is 0 Å². The third-order valence-corrected chi connectivity index (χ3v) is 2.37. The molecule has 0 fully saturated rings. The van der Waals surface area contributed by atoms with Crippen LogP contribution in [0.1, 0.15) is 13.8 Å². The molecule has 2 unspecified atom stereocenters. The number of hydrogen-bond donors (Lipinski definition) is 2. The van der Waals surface area contributed by atoms with Gasteiger partial charge >= 0.3 is 5.97 Å². The van der Waals surface area contributed by atoms with Crippen molar-refractivity contribution >= 4 is 23.6 Å². The number of carboxylic acid groups (broad SMARTS) is 1. The first-order chi connectivity index (χ1) is 5.49. The maximum Gasteiger partial charge on any atom is 0.325 e. The Morgan fingerprint density at radius 1 is 1.42 bits per heavy atom. The van der Waals surface area contributed by atoms with Crippen LogP contribution in [0, 0.1) is 0 Å². The molecule has 2 N–H and O–H groups in total. The second kappa shape index (κ2) is 5.03. The van der Waals surface area contributed by atoms with Crippen LogP contribution in [0.25, 0.3) is 0 Å². The van der Waals surface area contributed by atoms with Gasteiger partial charge in [0.1, 0.15) is 6.04 Å². The van der Waals surface area contributed by atoms with Crippen LogP contribution in [0.3, 0.4) is 0 Å². The maximum absolute atomic E-state index is 11.1. The van der Waals surface area contributed by atoms with Crippen LogP contribution in [-0.2, 0) is 9.59 Å². The van der Waals surface area contributed by atoms with E-state index in [0.29, 0.717) is 0 Å². The van der Waals surface area contributed by atoms with Gasteiger partial charge in [0.05, 0.1) is 5.25 Å². The normalized spacial score (nSPS) is 14.9. The van der Waals surface area contributed by atoms with E-state index in [1.807, 2.05) is 0 Å². The monoisotopic (exact) mass is 191 g/mol. The van der Waals surface area contributed by atoms with Gasteiger partial charge in [0, 0.05) is 0 Å². The number of carboxylic acids is 1. The highest BCUT2D eigenvalue weighted by Crippen LogP contribution is 2.04. The fraction of sp³-hybridized carbons (Fsp3) is 0.714. The zero-order chi connectivity index (χ0) is 9.72. The predicted octanol–water partition coefficient (Wildman–Crippen LogP) is 0.327. The lowest BCUT2D eigenvalue weighted by Crippen LogP contribution is -2.41. The molecule has 0 heterocycles. The number of carbonyl (C=O) groups is 2. The lowest BCUT2D eigenvalue weighted by molar-refractivity contribution is -0.141. The minimum atomic E-state index is -1.02. The Labute approximate surface area is 75.7 Å². The molecule has 0 aliphatic rings. The van der Waals surface area contributed by atoms with E-state index in [4.69, 9.17) is 5.11 Å².